The SMILES string of the molecule is COc1ccccc1CCOc1cccc(NC(=O)c2cc(-c3cccc(C(C)C)c3)ccc2O)c1. The predicted molar refractivity (Wildman–Crippen MR) is 144 cm³/mol. The minimum atomic E-state index is -0.388. The number of aromatic hydroxyl groups is 1. The van der Waals surface area contributed by atoms with Crippen molar-refractivity contribution in [2.45, 2.75) is 26.2 Å². The minimum Gasteiger partial charge on any atom is -0.507 e. The highest BCUT2D eigenvalue weighted by atomic mass is 16.5. The first-order chi connectivity index (χ1) is 17.4. The maximum atomic E-state index is 13.0. The van der Waals surface area contributed by atoms with E-state index in [9.17, 15) is 9.90 Å². The molecule has 4 aromatic carbocycles. The van der Waals surface area contributed by atoms with Crippen LogP contribution in [-0.2, 0) is 6.42 Å². The van der Waals surface area contributed by atoms with Gasteiger partial charge in [-0.25, -0.2) is 0 Å². The molecule has 5 nitrogen and oxygen atoms in total. The molecule has 1 amide bonds. The molecule has 0 heterocycles. The van der Waals surface area contributed by atoms with Crippen molar-refractivity contribution in [2.75, 3.05) is 19.0 Å². The number of hydrogen-bond donors (Lipinski definition) is 2. The van der Waals surface area contributed by atoms with Crippen molar-refractivity contribution in [3.63, 3.8) is 0 Å². The number of carbonyl (C=O) groups is 1. The van der Waals surface area contributed by atoms with Gasteiger partial charge >= 0.3 is 0 Å². The van der Waals surface area contributed by atoms with E-state index in [2.05, 4.69) is 31.3 Å². The van der Waals surface area contributed by atoms with Crippen molar-refractivity contribution in [3.05, 3.63) is 108 Å². The number of para-hydroxylation sites is 1. The fourth-order valence-corrected chi connectivity index (χ4v) is 4.03. The van der Waals surface area contributed by atoms with Crippen molar-refractivity contribution in [1.29, 1.82) is 0 Å². The molecular weight excluding hydrogens is 450 g/mol. The Morgan fingerprint density at radius 1 is 0.889 bits per heavy atom. The number of ether oxygens (including phenoxy) is 2. The quantitative estimate of drug-likeness (QED) is 0.268. The van der Waals surface area contributed by atoms with Gasteiger partial charge in [-0.1, -0.05) is 68.4 Å². The number of amides is 1. The van der Waals surface area contributed by atoms with Gasteiger partial charge in [0.15, 0.2) is 0 Å². The fraction of sp³-hybridized carbons (Fsp3) is 0.194. The van der Waals surface area contributed by atoms with Crippen LogP contribution in [0.25, 0.3) is 11.1 Å². The Balaban J connectivity index is 1.45. The summed E-state index contributed by atoms with van der Waals surface area (Å²) in [6.07, 6.45) is 0.694. The molecule has 0 aliphatic rings. The largest absolute Gasteiger partial charge is 0.507 e. The molecule has 0 saturated heterocycles. The molecule has 0 atom stereocenters. The van der Waals surface area contributed by atoms with E-state index in [1.165, 1.54) is 5.56 Å². The zero-order chi connectivity index (χ0) is 25.5. The Morgan fingerprint density at radius 2 is 1.67 bits per heavy atom. The molecule has 0 aliphatic carbocycles. The number of rotatable bonds is 9. The molecule has 2 N–H and O–H groups in total. The van der Waals surface area contributed by atoms with E-state index in [-0.39, 0.29) is 17.2 Å². The maximum Gasteiger partial charge on any atom is 0.259 e. The van der Waals surface area contributed by atoms with Gasteiger partial charge in [0.25, 0.3) is 5.91 Å². The van der Waals surface area contributed by atoms with Crippen LogP contribution in [0.2, 0.25) is 0 Å². The van der Waals surface area contributed by atoms with Crippen molar-refractivity contribution in [1.82, 2.24) is 0 Å². The van der Waals surface area contributed by atoms with Gasteiger partial charge in [0, 0.05) is 18.2 Å². The van der Waals surface area contributed by atoms with Crippen LogP contribution >= 0.6 is 0 Å². The first-order valence-electron chi connectivity index (χ1n) is 12.0. The van der Waals surface area contributed by atoms with E-state index in [4.69, 9.17) is 9.47 Å². The number of benzene rings is 4. The topological polar surface area (TPSA) is 67.8 Å². The summed E-state index contributed by atoms with van der Waals surface area (Å²) in [5.41, 5.74) is 4.95. The number of phenols is 1. The summed E-state index contributed by atoms with van der Waals surface area (Å²) in [7, 11) is 1.65. The lowest BCUT2D eigenvalue weighted by Crippen LogP contribution is -2.12. The van der Waals surface area contributed by atoms with Crippen LogP contribution in [0.15, 0.2) is 91.0 Å². The highest BCUT2D eigenvalue weighted by molar-refractivity contribution is 6.07. The van der Waals surface area contributed by atoms with Crippen LogP contribution in [0.4, 0.5) is 5.69 Å². The molecule has 0 saturated carbocycles. The molecule has 184 valence electrons. The van der Waals surface area contributed by atoms with Crippen LogP contribution in [0.3, 0.4) is 0 Å². The Bertz CT molecular complexity index is 1350. The van der Waals surface area contributed by atoms with E-state index in [1.54, 1.807) is 31.4 Å². The van der Waals surface area contributed by atoms with Gasteiger partial charge in [-0.2, -0.15) is 0 Å². The third-order valence-corrected chi connectivity index (χ3v) is 6.05. The predicted octanol–water partition coefficient (Wildman–Crippen LogP) is 7.07. The van der Waals surface area contributed by atoms with E-state index in [1.807, 2.05) is 54.6 Å². The fourth-order valence-electron chi connectivity index (χ4n) is 4.03. The van der Waals surface area contributed by atoms with Crippen LogP contribution in [0.1, 0.15) is 41.3 Å². The molecule has 0 fully saturated rings. The van der Waals surface area contributed by atoms with Crippen molar-refractivity contribution in [3.8, 4) is 28.4 Å². The minimum absolute atomic E-state index is 0.0690. The van der Waals surface area contributed by atoms with Crippen LogP contribution < -0.4 is 14.8 Å². The van der Waals surface area contributed by atoms with Crippen LogP contribution in [-0.4, -0.2) is 24.7 Å². The Morgan fingerprint density at radius 3 is 2.47 bits per heavy atom. The molecule has 36 heavy (non-hydrogen) atoms. The second-order valence-electron chi connectivity index (χ2n) is 8.90. The highest BCUT2D eigenvalue weighted by Crippen LogP contribution is 2.29. The van der Waals surface area contributed by atoms with E-state index in [0.29, 0.717) is 30.4 Å². The summed E-state index contributed by atoms with van der Waals surface area (Å²) < 4.78 is 11.3. The summed E-state index contributed by atoms with van der Waals surface area (Å²) in [6.45, 7) is 4.76. The van der Waals surface area contributed by atoms with Crippen molar-refractivity contribution >= 4 is 11.6 Å². The number of anilines is 1. The Hall–Kier alpha value is -4.25. The first kappa shape index (κ1) is 24.9. The average molecular weight is 482 g/mol. The van der Waals surface area contributed by atoms with E-state index >= 15 is 0 Å². The molecule has 4 rings (SSSR count). The Labute approximate surface area is 212 Å². The smallest absolute Gasteiger partial charge is 0.259 e. The first-order valence-corrected chi connectivity index (χ1v) is 12.0. The van der Waals surface area contributed by atoms with Gasteiger partial charge in [-0.15, -0.1) is 0 Å². The number of hydrogen-bond acceptors (Lipinski definition) is 4. The number of phenolic OH excluding ortho intramolecular Hbond substituents is 1. The van der Waals surface area contributed by atoms with Gasteiger partial charge in [-0.3, -0.25) is 4.79 Å². The number of methoxy groups -OCH3 is 1. The van der Waals surface area contributed by atoms with Gasteiger partial charge in [0.2, 0.25) is 0 Å². The monoisotopic (exact) mass is 481 g/mol. The number of carbonyl (C=O) groups excluding carboxylic acids is 1. The molecule has 0 bridgehead atoms. The summed E-state index contributed by atoms with van der Waals surface area (Å²) >= 11 is 0. The van der Waals surface area contributed by atoms with E-state index < -0.39 is 0 Å². The highest BCUT2D eigenvalue weighted by Gasteiger charge is 2.14. The molecular formula is C31H31NO4. The van der Waals surface area contributed by atoms with Gasteiger partial charge in [0.1, 0.15) is 17.2 Å². The van der Waals surface area contributed by atoms with Gasteiger partial charge in [-0.05, 0) is 58.5 Å². The summed E-state index contributed by atoms with van der Waals surface area (Å²) in [6, 6.07) is 28.4. The lowest BCUT2D eigenvalue weighted by Gasteiger charge is -2.12. The molecule has 0 radical (unpaired) electrons. The second-order valence-corrected chi connectivity index (χ2v) is 8.90. The third kappa shape index (κ3) is 6.05. The molecule has 4 aromatic rings. The molecule has 5 heteroatoms. The number of nitrogens with one attached hydrogen (secondary N) is 1. The normalized spacial score (nSPS) is 10.8. The lowest BCUT2D eigenvalue weighted by atomic mass is 9.96. The second kappa shape index (κ2) is 11.5. The van der Waals surface area contributed by atoms with E-state index in [0.717, 1.165) is 22.4 Å². The van der Waals surface area contributed by atoms with Crippen molar-refractivity contribution < 1.29 is 19.4 Å². The maximum absolute atomic E-state index is 13.0. The molecule has 0 unspecified atom stereocenters. The zero-order valence-corrected chi connectivity index (χ0v) is 20.8. The Kier molecular flexibility index (Phi) is 7.91. The lowest BCUT2D eigenvalue weighted by molar-refractivity contribution is 0.102. The van der Waals surface area contributed by atoms with Gasteiger partial charge in [0.05, 0.1) is 19.3 Å². The average Bonchev–Trinajstić information content (AvgIpc) is 2.89. The van der Waals surface area contributed by atoms with Crippen LogP contribution in [0.5, 0.6) is 17.2 Å². The van der Waals surface area contributed by atoms with Gasteiger partial charge < -0.3 is 19.9 Å². The summed E-state index contributed by atoms with van der Waals surface area (Å²) in [5.74, 6) is 1.42. The third-order valence-electron chi connectivity index (χ3n) is 6.05. The standard InChI is InChI=1S/C31H31NO4/c1-21(2)23-9-6-10-24(18-23)25-14-15-29(33)28(19-25)31(34)32-26-11-7-12-27(20-26)36-17-16-22-8-4-5-13-30(22)35-3/h4-15,18-21,33H,16-17H2,1-3H3,(H,32,34). The molecule has 0 aliphatic heterocycles. The molecule has 0 aromatic heterocycles. The van der Waals surface area contributed by atoms with Crippen molar-refractivity contribution in [2.24, 2.45) is 0 Å². The van der Waals surface area contributed by atoms with Crippen LogP contribution in [0, 0.1) is 0 Å². The molecule has 0 spiro atoms. The zero-order valence-electron chi connectivity index (χ0n) is 20.8. The summed E-state index contributed by atoms with van der Waals surface area (Å²) in [5, 5.41) is 13.3. The summed E-state index contributed by atoms with van der Waals surface area (Å²) in [4.78, 5) is 13.0.